The van der Waals surface area contributed by atoms with Crippen molar-refractivity contribution in [3.63, 3.8) is 0 Å². The van der Waals surface area contributed by atoms with Crippen molar-refractivity contribution in [1.29, 1.82) is 0 Å². The van der Waals surface area contributed by atoms with Crippen LogP contribution in [0.3, 0.4) is 0 Å². The molecule has 0 bridgehead atoms. The van der Waals surface area contributed by atoms with Gasteiger partial charge < -0.3 is 5.11 Å². The molecule has 18 heavy (non-hydrogen) atoms. The number of likely N-dealkylation sites (tertiary alicyclic amines) is 1. The fraction of sp³-hybridized carbons (Fsp3) is 0.615. The van der Waals surface area contributed by atoms with Crippen molar-refractivity contribution in [3.8, 4) is 0 Å². The predicted molar refractivity (Wildman–Crippen MR) is 67.0 cm³/mol. The van der Waals surface area contributed by atoms with Gasteiger partial charge in [0.15, 0.2) is 0 Å². The maximum Gasteiger partial charge on any atom is 0.309 e. The van der Waals surface area contributed by atoms with Crippen molar-refractivity contribution in [2.75, 3.05) is 13.1 Å². The molecule has 1 aliphatic heterocycles. The van der Waals surface area contributed by atoms with E-state index in [-0.39, 0.29) is 6.04 Å². The van der Waals surface area contributed by atoms with Gasteiger partial charge in [0.1, 0.15) is 0 Å². The first-order chi connectivity index (χ1) is 8.53. The smallest absolute Gasteiger partial charge is 0.309 e. The highest BCUT2D eigenvalue weighted by atomic mass is 16.4. The summed E-state index contributed by atoms with van der Waals surface area (Å²) in [6.07, 6.45) is 6.50. The predicted octanol–water partition coefficient (Wildman–Crippen LogP) is 1.72. The standard InChI is InChI=1S/C13H19N3O2/c1-10(11-9-14-5-6-15-11)16-7-3-13(2,4-8-16)12(17)18/h5-6,9-10H,3-4,7-8H2,1-2H3,(H,17,18). The molecule has 1 atom stereocenters. The highest BCUT2D eigenvalue weighted by Crippen LogP contribution is 2.34. The zero-order chi connectivity index (χ0) is 13.2. The van der Waals surface area contributed by atoms with E-state index in [1.807, 2.05) is 6.92 Å². The summed E-state index contributed by atoms with van der Waals surface area (Å²) >= 11 is 0. The van der Waals surface area contributed by atoms with Gasteiger partial charge >= 0.3 is 5.97 Å². The van der Waals surface area contributed by atoms with Crippen LogP contribution >= 0.6 is 0 Å². The molecule has 5 nitrogen and oxygen atoms in total. The van der Waals surface area contributed by atoms with Crippen molar-refractivity contribution in [2.45, 2.75) is 32.7 Å². The monoisotopic (exact) mass is 249 g/mol. The molecule has 0 aromatic carbocycles. The molecule has 0 saturated carbocycles. The summed E-state index contributed by atoms with van der Waals surface area (Å²) in [6.45, 7) is 5.51. The first-order valence-electron chi connectivity index (χ1n) is 6.26. The lowest BCUT2D eigenvalue weighted by Crippen LogP contribution is -2.43. The van der Waals surface area contributed by atoms with E-state index in [4.69, 9.17) is 0 Å². The molecule has 1 N–H and O–H groups in total. The molecule has 1 unspecified atom stereocenters. The highest BCUT2D eigenvalue weighted by Gasteiger charge is 2.38. The minimum atomic E-state index is -0.686. The molecule has 5 heteroatoms. The van der Waals surface area contributed by atoms with Crippen LogP contribution < -0.4 is 0 Å². The molecule has 0 radical (unpaired) electrons. The minimum Gasteiger partial charge on any atom is -0.481 e. The van der Waals surface area contributed by atoms with Gasteiger partial charge in [-0.3, -0.25) is 19.7 Å². The van der Waals surface area contributed by atoms with Crippen molar-refractivity contribution in [1.82, 2.24) is 14.9 Å². The van der Waals surface area contributed by atoms with E-state index < -0.39 is 11.4 Å². The van der Waals surface area contributed by atoms with Crippen LogP contribution in [0.25, 0.3) is 0 Å². The maximum atomic E-state index is 11.2. The van der Waals surface area contributed by atoms with Crippen molar-refractivity contribution < 1.29 is 9.90 Å². The summed E-state index contributed by atoms with van der Waals surface area (Å²) in [4.78, 5) is 21.8. The number of carboxylic acids is 1. The SMILES string of the molecule is CC(c1cnccn1)N1CCC(C)(C(=O)O)CC1. The van der Waals surface area contributed by atoms with E-state index in [9.17, 15) is 9.90 Å². The zero-order valence-electron chi connectivity index (χ0n) is 10.8. The van der Waals surface area contributed by atoms with Crippen LogP contribution in [-0.4, -0.2) is 39.0 Å². The van der Waals surface area contributed by atoms with E-state index in [2.05, 4.69) is 21.8 Å². The van der Waals surface area contributed by atoms with Gasteiger partial charge in [-0.1, -0.05) is 0 Å². The van der Waals surface area contributed by atoms with Gasteiger partial charge in [-0.25, -0.2) is 0 Å². The van der Waals surface area contributed by atoms with Crippen molar-refractivity contribution in [3.05, 3.63) is 24.3 Å². The summed E-state index contributed by atoms with van der Waals surface area (Å²) in [5.74, 6) is -0.686. The average Bonchev–Trinajstić information content (AvgIpc) is 2.40. The zero-order valence-corrected chi connectivity index (χ0v) is 10.8. The Bertz CT molecular complexity index is 414. The third-order valence-corrected chi connectivity index (χ3v) is 3.98. The molecule has 98 valence electrons. The lowest BCUT2D eigenvalue weighted by atomic mass is 9.80. The van der Waals surface area contributed by atoms with Crippen LogP contribution in [-0.2, 0) is 4.79 Å². The maximum absolute atomic E-state index is 11.2. The molecular weight excluding hydrogens is 230 g/mol. The molecule has 0 amide bonds. The number of hydrogen-bond acceptors (Lipinski definition) is 4. The van der Waals surface area contributed by atoms with E-state index in [0.717, 1.165) is 18.8 Å². The lowest BCUT2D eigenvalue weighted by Gasteiger charge is -2.39. The van der Waals surface area contributed by atoms with Crippen LogP contribution in [0, 0.1) is 5.41 Å². The first-order valence-corrected chi connectivity index (χ1v) is 6.26. The molecule has 1 aromatic rings. The van der Waals surface area contributed by atoms with Crippen LogP contribution in [0.5, 0.6) is 0 Å². The average molecular weight is 249 g/mol. The fourth-order valence-corrected chi connectivity index (χ4v) is 2.33. The molecule has 2 rings (SSSR count). The Hall–Kier alpha value is -1.49. The van der Waals surface area contributed by atoms with E-state index >= 15 is 0 Å². The molecule has 1 saturated heterocycles. The largest absolute Gasteiger partial charge is 0.481 e. The van der Waals surface area contributed by atoms with Crippen LogP contribution in [0.2, 0.25) is 0 Å². The lowest BCUT2D eigenvalue weighted by molar-refractivity contribution is -0.151. The normalized spacial score (nSPS) is 21.4. The molecule has 1 fully saturated rings. The van der Waals surface area contributed by atoms with E-state index in [1.54, 1.807) is 18.6 Å². The number of nitrogens with zero attached hydrogens (tertiary/aromatic N) is 3. The number of carboxylic acid groups (broad SMARTS) is 1. The topological polar surface area (TPSA) is 66.3 Å². The second kappa shape index (κ2) is 5.02. The van der Waals surface area contributed by atoms with Gasteiger partial charge in [0.05, 0.1) is 17.2 Å². The molecule has 1 aromatic heterocycles. The number of aliphatic carboxylic acids is 1. The summed E-state index contributed by atoms with van der Waals surface area (Å²) in [5.41, 5.74) is 0.370. The van der Waals surface area contributed by atoms with Gasteiger partial charge in [-0.05, 0) is 39.8 Å². The van der Waals surface area contributed by atoms with Crippen LogP contribution in [0.1, 0.15) is 38.4 Å². The molecule has 2 heterocycles. The molecule has 1 aliphatic rings. The fourth-order valence-electron chi connectivity index (χ4n) is 2.33. The second-order valence-corrected chi connectivity index (χ2v) is 5.21. The first kappa shape index (κ1) is 13.0. The van der Waals surface area contributed by atoms with E-state index in [1.165, 1.54) is 0 Å². The number of hydrogen-bond donors (Lipinski definition) is 1. The van der Waals surface area contributed by atoms with Crippen LogP contribution in [0.15, 0.2) is 18.6 Å². The summed E-state index contributed by atoms with van der Waals surface area (Å²) in [5, 5.41) is 9.20. The Balaban J connectivity index is 2.00. The highest BCUT2D eigenvalue weighted by molar-refractivity contribution is 5.74. The second-order valence-electron chi connectivity index (χ2n) is 5.21. The van der Waals surface area contributed by atoms with Crippen LogP contribution in [0.4, 0.5) is 0 Å². The summed E-state index contributed by atoms with van der Waals surface area (Å²) in [6, 6.07) is 0.192. The molecule has 0 aliphatic carbocycles. The Labute approximate surface area is 107 Å². The van der Waals surface area contributed by atoms with Gasteiger partial charge in [0.25, 0.3) is 0 Å². The van der Waals surface area contributed by atoms with E-state index in [0.29, 0.717) is 12.8 Å². The van der Waals surface area contributed by atoms with Crippen molar-refractivity contribution in [2.24, 2.45) is 5.41 Å². The summed E-state index contributed by atoms with van der Waals surface area (Å²) < 4.78 is 0. The summed E-state index contributed by atoms with van der Waals surface area (Å²) in [7, 11) is 0. The Morgan fingerprint density at radius 2 is 2.11 bits per heavy atom. The Morgan fingerprint density at radius 3 is 2.61 bits per heavy atom. The van der Waals surface area contributed by atoms with Gasteiger partial charge in [0, 0.05) is 18.6 Å². The number of rotatable bonds is 3. The quantitative estimate of drug-likeness (QED) is 0.883. The van der Waals surface area contributed by atoms with Gasteiger partial charge in [-0.15, -0.1) is 0 Å². The number of aromatic nitrogens is 2. The van der Waals surface area contributed by atoms with Gasteiger partial charge in [0.2, 0.25) is 0 Å². The van der Waals surface area contributed by atoms with Crippen molar-refractivity contribution >= 4 is 5.97 Å². The minimum absolute atomic E-state index is 0.192. The number of piperidine rings is 1. The molecular formula is C13H19N3O2. The third-order valence-electron chi connectivity index (χ3n) is 3.98. The number of carbonyl (C=O) groups is 1. The Morgan fingerprint density at radius 1 is 1.44 bits per heavy atom. The van der Waals surface area contributed by atoms with Gasteiger partial charge in [-0.2, -0.15) is 0 Å². The molecule has 0 spiro atoms. The third kappa shape index (κ3) is 2.51. The Kier molecular flexibility index (Phi) is 3.61.